The van der Waals surface area contributed by atoms with Crippen molar-refractivity contribution < 1.29 is 9.90 Å². The molecule has 2 atom stereocenters. The summed E-state index contributed by atoms with van der Waals surface area (Å²) in [5, 5.41) is 12.7. The highest BCUT2D eigenvalue weighted by Gasteiger charge is 2.30. The van der Waals surface area contributed by atoms with Crippen LogP contribution in [0.2, 0.25) is 0 Å². The van der Waals surface area contributed by atoms with Gasteiger partial charge in [0.2, 0.25) is 0 Å². The van der Waals surface area contributed by atoms with Crippen molar-refractivity contribution in [1.29, 1.82) is 0 Å². The van der Waals surface area contributed by atoms with Gasteiger partial charge in [-0.05, 0) is 24.9 Å². The average Bonchev–Trinajstić information content (AvgIpc) is 2.31. The van der Waals surface area contributed by atoms with Crippen LogP contribution in [-0.4, -0.2) is 23.7 Å². The minimum absolute atomic E-state index is 0.0775. The summed E-state index contributed by atoms with van der Waals surface area (Å²) in [5.41, 5.74) is 0.898. The zero-order valence-electron chi connectivity index (χ0n) is 9.23. The average molecular weight is 219 g/mol. The Morgan fingerprint density at radius 3 is 2.62 bits per heavy atom. The lowest BCUT2D eigenvalue weighted by atomic mass is 9.86. The summed E-state index contributed by atoms with van der Waals surface area (Å²) in [7, 11) is 0. The molecule has 0 unspecified atom stereocenters. The van der Waals surface area contributed by atoms with Gasteiger partial charge in [-0.3, -0.25) is 4.79 Å². The Morgan fingerprint density at radius 1 is 1.31 bits per heavy atom. The van der Waals surface area contributed by atoms with Crippen LogP contribution < -0.4 is 5.32 Å². The van der Waals surface area contributed by atoms with Gasteiger partial charge in [-0.2, -0.15) is 0 Å². The second kappa shape index (κ2) is 5.12. The molecular weight excluding hydrogens is 202 g/mol. The Kier molecular flexibility index (Phi) is 3.57. The van der Waals surface area contributed by atoms with E-state index in [4.69, 9.17) is 0 Å². The third kappa shape index (κ3) is 2.42. The molecule has 2 rings (SSSR count). The van der Waals surface area contributed by atoms with Crippen LogP contribution in [-0.2, 0) is 4.79 Å². The molecule has 2 N–H and O–H groups in total. The maximum Gasteiger partial charge on any atom is 0.312 e. The lowest BCUT2D eigenvalue weighted by Gasteiger charge is -2.29. The van der Waals surface area contributed by atoms with Crippen molar-refractivity contribution in [2.45, 2.75) is 31.2 Å². The Labute approximate surface area is 95.5 Å². The van der Waals surface area contributed by atoms with Gasteiger partial charge in [0, 0.05) is 6.04 Å². The highest BCUT2D eigenvalue weighted by atomic mass is 16.4. The molecule has 0 amide bonds. The topological polar surface area (TPSA) is 49.3 Å². The van der Waals surface area contributed by atoms with E-state index < -0.39 is 11.9 Å². The molecule has 0 saturated carbocycles. The summed E-state index contributed by atoms with van der Waals surface area (Å²) in [4.78, 5) is 11.4. The first-order valence-electron chi connectivity index (χ1n) is 5.80. The number of piperidine rings is 1. The van der Waals surface area contributed by atoms with Gasteiger partial charge in [0.25, 0.3) is 0 Å². The predicted octanol–water partition coefficient (Wildman–Crippen LogP) is 2.00. The number of nitrogens with one attached hydrogen (secondary N) is 1. The number of carboxylic acid groups (broad SMARTS) is 1. The molecule has 0 aromatic heterocycles. The molecule has 0 radical (unpaired) electrons. The van der Waals surface area contributed by atoms with E-state index in [0.717, 1.165) is 31.4 Å². The van der Waals surface area contributed by atoms with Crippen LogP contribution in [0.15, 0.2) is 30.3 Å². The molecule has 0 spiro atoms. The van der Waals surface area contributed by atoms with Gasteiger partial charge in [-0.1, -0.05) is 36.8 Å². The van der Waals surface area contributed by atoms with Gasteiger partial charge < -0.3 is 10.4 Å². The highest BCUT2D eigenvalue weighted by Crippen LogP contribution is 2.25. The van der Waals surface area contributed by atoms with Gasteiger partial charge in [-0.25, -0.2) is 0 Å². The van der Waals surface area contributed by atoms with Crippen LogP contribution in [0.3, 0.4) is 0 Å². The van der Waals surface area contributed by atoms with Gasteiger partial charge >= 0.3 is 5.97 Å². The normalized spacial score (nSPS) is 22.6. The van der Waals surface area contributed by atoms with Crippen LogP contribution in [0.5, 0.6) is 0 Å². The maximum absolute atomic E-state index is 11.4. The molecule has 1 aromatic carbocycles. The van der Waals surface area contributed by atoms with Crippen LogP contribution in [0.1, 0.15) is 30.7 Å². The number of carboxylic acids is 1. The molecule has 0 bridgehead atoms. The van der Waals surface area contributed by atoms with E-state index in [0.29, 0.717) is 0 Å². The summed E-state index contributed by atoms with van der Waals surface area (Å²) >= 11 is 0. The second-order valence-electron chi connectivity index (χ2n) is 4.28. The zero-order valence-corrected chi connectivity index (χ0v) is 9.23. The number of benzene rings is 1. The molecule has 1 aromatic rings. The lowest BCUT2D eigenvalue weighted by Crippen LogP contribution is -2.41. The first kappa shape index (κ1) is 11.1. The van der Waals surface area contributed by atoms with Crippen LogP contribution >= 0.6 is 0 Å². The van der Waals surface area contributed by atoms with Crippen molar-refractivity contribution in [3.8, 4) is 0 Å². The fourth-order valence-electron chi connectivity index (χ4n) is 2.37. The summed E-state index contributed by atoms with van der Waals surface area (Å²) in [6.45, 7) is 0.932. The first-order chi connectivity index (χ1) is 7.79. The SMILES string of the molecule is O=C(O)[C@@H](c1ccccc1)[C@@H]1CCCCN1. The number of aliphatic carboxylic acids is 1. The molecule has 1 aliphatic rings. The smallest absolute Gasteiger partial charge is 0.312 e. The van der Waals surface area contributed by atoms with Crippen molar-refractivity contribution in [2.24, 2.45) is 0 Å². The van der Waals surface area contributed by atoms with Crippen molar-refractivity contribution >= 4 is 5.97 Å². The number of carbonyl (C=O) groups is 1. The Morgan fingerprint density at radius 2 is 2.06 bits per heavy atom. The highest BCUT2D eigenvalue weighted by molar-refractivity contribution is 5.77. The molecule has 1 heterocycles. The van der Waals surface area contributed by atoms with Gasteiger partial charge in [0.05, 0.1) is 5.92 Å². The van der Waals surface area contributed by atoms with Crippen molar-refractivity contribution in [1.82, 2.24) is 5.32 Å². The largest absolute Gasteiger partial charge is 0.481 e. The van der Waals surface area contributed by atoms with E-state index in [2.05, 4.69) is 5.32 Å². The summed E-state index contributed by atoms with van der Waals surface area (Å²) in [6.07, 6.45) is 3.22. The fourth-order valence-corrected chi connectivity index (χ4v) is 2.37. The van der Waals surface area contributed by atoms with Crippen molar-refractivity contribution in [2.75, 3.05) is 6.54 Å². The van der Waals surface area contributed by atoms with Gasteiger partial charge in [0.15, 0.2) is 0 Å². The van der Waals surface area contributed by atoms with E-state index in [1.54, 1.807) is 0 Å². The zero-order chi connectivity index (χ0) is 11.4. The quantitative estimate of drug-likeness (QED) is 0.817. The van der Waals surface area contributed by atoms with Gasteiger partial charge in [-0.15, -0.1) is 0 Å². The number of rotatable bonds is 3. The molecule has 1 fully saturated rings. The van der Waals surface area contributed by atoms with Gasteiger partial charge in [0.1, 0.15) is 0 Å². The maximum atomic E-state index is 11.4. The molecular formula is C13H17NO2. The number of hydrogen-bond donors (Lipinski definition) is 2. The van der Waals surface area contributed by atoms with Crippen LogP contribution in [0.25, 0.3) is 0 Å². The molecule has 0 aliphatic carbocycles. The van der Waals surface area contributed by atoms with E-state index in [1.807, 2.05) is 30.3 Å². The molecule has 3 heteroatoms. The Balaban J connectivity index is 2.20. The van der Waals surface area contributed by atoms with Crippen molar-refractivity contribution in [3.63, 3.8) is 0 Å². The monoisotopic (exact) mass is 219 g/mol. The molecule has 1 saturated heterocycles. The standard InChI is InChI=1S/C13H17NO2/c15-13(16)12(10-6-2-1-3-7-10)11-8-4-5-9-14-11/h1-3,6-7,11-12,14H,4-5,8-9H2,(H,15,16)/t11-,12-/m0/s1. The van der Waals surface area contributed by atoms with Crippen molar-refractivity contribution in [3.05, 3.63) is 35.9 Å². The summed E-state index contributed by atoms with van der Waals surface area (Å²) in [6, 6.07) is 9.58. The fraction of sp³-hybridized carbons (Fsp3) is 0.462. The molecule has 1 aliphatic heterocycles. The van der Waals surface area contributed by atoms with Crippen LogP contribution in [0.4, 0.5) is 0 Å². The first-order valence-corrected chi connectivity index (χ1v) is 5.80. The summed E-state index contributed by atoms with van der Waals surface area (Å²) in [5.74, 6) is -1.15. The van der Waals surface area contributed by atoms with Crippen LogP contribution in [0, 0.1) is 0 Å². The predicted molar refractivity (Wildman–Crippen MR) is 62.5 cm³/mol. The lowest BCUT2D eigenvalue weighted by molar-refractivity contribution is -0.139. The third-order valence-corrected chi connectivity index (χ3v) is 3.18. The summed E-state index contributed by atoms with van der Waals surface area (Å²) < 4.78 is 0. The van der Waals surface area contributed by atoms with E-state index in [-0.39, 0.29) is 6.04 Å². The third-order valence-electron chi connectivity index (χ3n) is 3.18. The molecule has 3 nitrogen and oxygen atoms in total. The number of hydrogen-bond acceptors (Lipinski definition) is 2. The minimum Gasteiger partial charge on any atom is -0.481 e. The second-order valence-corrected chi connectivity index (χ2v) is 4.28. The van der Waals surface area contributed by atoms with E-state index in [9.17, 15) is 9.90 Å². The Hall–Kier alpha value is -1.35. The van der Waals surface area contributed by atoms with E-state index in [1.165, 1.54) is 0 Å². The Bertz CT molecular complexity index is 344. The molecule has 16 heavy (non-hydrogen) atoms. The minimum atomic E-state index is -0.731. The van der Waals surface area contributed by atoms with E-state index >= 15 is 0 Å². The molecule has 86 valence electrons.